The summed E-state index contributed by atoms with van der Waals surface area (Å²) in [6.45, 7) is 0.317. The highest BCUT2D eigenvalue weighted by Gasteiger charge is 2.30. The fraction of sp³-hybridized carbons (Fsp3) is 0.0476. The molecular weight excluding hydrogens is 331 g/mol. The summed E-state index contributed by atoms with van der Waals surface area (Å²) >= 11 is 0. The molecule has 1 aromatic heterocycles. The van der Waals surface area contributed by atoms with Crippen LogP contribution in [-0.4, -0.2) is 10.9 Å². The summed E-state index contributed by atoms with van der Waals surface area (Å²) < 4.78 is 18.6. The average molecular weight is 344 g/mol. The maximum absolute atomic E-state index is 13.1. The minimum absolute atomic E-state index is 0.0388. The minimum atomic E-state index is -0.311. The molecule has 5 heteroatoms. The molecule has 0 aliphatic carbocycles. The Morgan fingerprint density at radius 1 is 1.00 bits per heavy atom. The van der Waals surface area contributed by atoms with Gasteiger partial charge in [-0.1, -0.05) is 24.3 Å². The number of nitrogens with zero attached hydrogens (tertiary/aromatic N) is 2. The smallest absolute Gasteiger partial charge is 0.259 e. The number of aromatic nitrogens is 1. The largest absolute Gasteiger partial charge is 0.444 e. The molecule has 1 amide bonds. The fourth-order valence-corrected chi connectivity index (χ4v) is 3.40. The van der Waals surface area contributed by atoms with E-state index in [0.29, 0.717) is 29.3 Å². The van der Waals surface area contributed by atoms with Crippen molar-refractivity contribution in [3.8, 4) is 11.5 Å². The summed E-state index contributed by atoms with van der Waals surface area (Å²) in [5.74, 6) is 0.0551. The first-order valence-electron chi connectivity index (χ1n) is 8.25. The predicted octanol–water partition coefficient (Wildman–Crippen LogP) is 4.79. The first-order chi connectivity index (χ1) is 12.7. The van der Waals surface area contributed by atoms with E-state index in [2.05, 4.69) is 4.98 Å². The molecule has 0 N–H and O–H groups in total. The highest BCUT2D eigenvalue weighted by molar-refractivity contribution is 6.24. The number of hydrogen-bond acceptors (Lipinski definition) is 3. The zero-order chi connectivity index (χ0) is 17.7. The highest BCUT2D eigenvalue weighted by Crippen LogP contribution is 2.38. The molecule has 2 heterocycles. The van der Waals surface area contributed by atoms with Gasteiger partial charge in [0.05, 0.1) is 17.9 Å². The molecule has 0 unspecified atom stereocenters. The molecule has 1 aliphatic rings. The van der Waals surface area contributed by atoms with E-state index in [1.54, 1.807) is 17.0 Å². The van der Waals surface area contributed by atoms with Crippen LogP contribution in [-0.2, 0) is 6.54 Å². The van der Waals surface area contributed by atoms with Gasteiger partial charge in [0.2, 0.25) is 5.89 Å². The Balaban J connectivity index is 1.49. The van der Waals surface area contributed by atoms with Crippen molar-refractivity contribution in [3.05, 3.63) is 84.0 Å². The van der Waals surface area contributed by atoms with Crippen molar-refractivity contribution in [2.75, 3.05) is 4.90 Å². The number of oxazole rings is 1. The monoisotopic (exact) mass is 344 g/mol. The van der Waals surface area contributed by atoms with Gasteiger partial charge in [-0.25, -0.2) is 9.37 Å². The van der Waals surface area contributed by atoms with Crippen LogP contribution in [0.4, 0.5) is 10.1 Å². The second kappa shape index (κ2) is 5.52. The number of amides is 1. The van der Waals surface area contributed by atoms with Gasteiger partial charge in [-0.05, 0) is 41.8 Å². The molecule has 0 fully saturated rings. The Morgan fingerprint density at radius 2 is 1.77 bits per heavy atom. The molecule has 4 aromatic rings. The molecule has 0 radical (unpaired) electrons. The zero-order valence-electron chi connectivity index (χ0n) is 13.6. The van der Waals surface area contributed by atoms with E-state index < -0.39 is 0 Å². The van der Waals surface area contributed by atoms with E-state index >= 15 is 0 Å². The van der Waals surface area contributed by atoms with E-state index in [1.165, 1.54) is 18.4 Å². The summed E-state index contributed by atoms with van der Waals surface area (Å²) in [5.41, 5.74) is 2.92. The van der Waals surface area contributed by atoms with Crippen molar-refractivity contribution in [1.29, 1.82) is 0 Å². The van der Waals surface area contributed by atoms with E-state index in [1.807, 2.05) is 36.4 Å². The lowest BCUT2D eigenvalue weighted by Gasteiger charge is -2.15. The van der Waals surface area contributed by atoms with E-state index in [9.17, 15) is 9.18 Å². The molecule has 0 spiro atoms. The Kier molecular flexibility index (Phi) is 3.15. The van der Waals surface area contributed by atoms with Crippen LogP contribution in [0.5, 0.6) is 0 Å². The number of hydrogen-bond donors (Lipinski definition) is 0. The minimum Gasteiger partial charge on any atom is -0.444 e. The van der Waals surface area contributed by atoms with E-state index in [-0.39, 0.29) is 11.7 Å². The molecule has 0 bridgehead atoms. The van der Waals surface area contributed by atoms with Crippen LogP contribution in [0.3, 0.4) is 0 Å². The van der Waals surface area contributed by atoms with Gasteiger partial charge in [-0.3, -0.25) is 4.79 Å². The lowest BCUT2D eigenvalue weighted by Crippen LogP contribution is -2.26. The van der Waals surface area contributed by atoms with Crippen molar-refractivity contribution >= 4 is 22.4 Å². The Bertz CT molecular complexity index is 1140. The van der Waals surface area contributed by atoms with Crippen LogP contribution in [0.1, 0.15) is 16.1 Å². The fourth-order valence-electron chi connectivity index (χ4n) is 3.40. The van der Waals surface area contributed by atoms with Gasteiger partial charge in [-0.2, -0.15) is 0 Å². The number of carbonyl (C=O) groups is 1. The predicted molar refractivity (Wildman–Crippen MR) is 96.4 cm³/mol. The van der Waals surface area contributed by atoms with Crippen molar-refractivity contribution < 1.29 is 13.6 Å². The standard InChI is InChI=1S/C21H13FN2O2/c22-15-9-7-14(8-10-15)20-23-16(12-26-20)11-24-18-6-2-4-13-3-1-5-17(19(13)18)21(24)25/h1-10,12H,11H2. The SMILES string of the molecule is O=C1c2cccc3cccc(c23)N1Cc1coc(-c2ccc(F)cc2)n1. The number of rotatable bonds is 3. The van der Waals surface area contributed by atoms with E-state index in [4.69, 9.17) is 4.42 Å². The van der Waals surface area contributed by atoms with Crippen LogP contribution in [0.15, 0.2) is 71.3 Å². The van der Waals surface area contributed by atoms with Gasteiger partial charge < -0.3 is 9.32 Å². The molecule has 5 rings (SSSR count). The van der Waals surface area contributed by atoms with Gasteiger partial charge in [0.25, 0.3) is 5.91 Å². The third-order valence-electron chi connectivity index (χ3n) is 4.61. The molecule has 0 atom stereocenters. The van der Waals surface area contributed by atoms with Crippen LogP contribution in [0.25, 0.3) is 22.2 Å². The van der Waals surface area contributed by atoms with E-state index in [0.717, 1.165) is 16.5 Å². The number of halogens is 1. The molecule has 0 saturated carbocycles. The molecular formula is C21H13FN2O2. The lowest BCUT2D eigenvalue weighted by atomic mass is 10.1. The van der Waals surface area contributed by atoms with Crippen LogP contribution < -0.4 is 4.90 Å². The van der Waals surface area contributed by atoms with Crippen molar-refractivity contribution in [3.63, 3.8) is 0 Å². The summed E-state index contributed by atoms with van der Waals surface area (Å²) in [5, 5.41) is 2.02. The first-order valence-corrected chi connectivity index (χ1v) is 8.25. The normalized spacial score (nSPS) is 13.0. The van der Waals surface area contributed by atoms with Crippen LogP contribution >= 0.6 is 0 Å². The van der Waals surface area contributed by atoms with Gasteiger partial charge >= 0.3 is 0 Å². The van der Waals surface area contributed by atoms with Gasteiger partial charge in [-0.15, -0.1) is 0 Å². The van der Waals surface area contributed by atoms with Crippen LogP contribution in [0.2, 0.25) is 0 Å². The summed E-state index contributed by atoms with van der Waals surface area (Å²) in [6.07, 6.45) is 1.54. The summed E-state index contributed by atoms with van der Waals surface area (Å²) in [4.78, 5) is 19.0. The van der Waals surface area contributed by atoms with Crippen molar-refractivity contribution in [2.45, 2.75) is 6.54 Å². The van der Waals surface area contributed by atoms with Crippen molar-refractivity contribution in [1.82, 2.24) is 4.98 Å². The third kappa shape index (κ3) is 2.21. The zero-order valence-corrected chi connectivity index (χ0v) is 13.6. The molecule has 4 nitrogen and oxygen atoms in total. The quantitative estimate of drug-likeness (QED) is 0.536. The molecule has 126 valence electrons. The maximum Gasteiger partial charge on any atom is 0.259 e. The van der Waals surface area contributed by atoms with Crippen molar-refractivity contribution in [2.24, 2.45) is 0 Å². The summed E-state index contributed by atoms with van der Waals surface area (Å²) in [6, 6.07) is 17.6. The topological polar surface area (TPSA) is 46.3 Å². The second-order valence-corrected chi connectivity index (χ2v) is 6.22. The molecule has 0 saturated heterocycles. The van der Waals surface area contributed by atoms with Gasteiger partial charge in [0, 0.05) is 16.5 Å². The average Bonchev–Trinajstić information content (AvgIpc) is 3.23. The van der Waals surface area contributed by atoms with Gasteiger partial charge in [0.15, 0.2) is 0 Å². The first kappa shape index (κ1) is 14.8. The third-order valence-corrected chi connectivity index (χ3v) is 4.61. The number of anilines is 1. The number of benzene rings is 3. The Morgan fingerprint density at radius 3 is 2.58 bits per heavy atom. The Labute approximate surface area is 148 Å². The number of carbonyl (C=O) groups excluding carboxylic acids is 1. The molecule has 26 heavy (non-hydrogen) atoms. The maximum atomic E-state index is 13.1. The summed E-state index contributed by atoms with van der Waals surface area (Å²) in [7, 11) is 0. The molecule has 3 aromatic carbocycles. The Hall–Kier alpha value is -3.47. The lowest BCUT2D eigenvalue weighted by molar-refractivity contribution is 0.0991. The van der Waals surface area contributed by atoms with Crippen LogP contribution in [0, 0.1) is 5.82 Å². The van der Waals surface area contributed by atoms with Gasteiger partial charge in [0.1, 0.15) is 12.1 Å². The second-order valence-electron chi connectivity index (χ2n) is 6.22. The highest BCUT2D eigenvalue weighted by atomic mass is 19.1. The molecule has 1 aliphatic heterocycles.